The van der Waals surface area contributed by atoms with Crippen LogP contribution in [0.3, 0.4) is 0 Å². The van der Waals surface area contributed by atoms with Crippen LogP contribution in [0.1, 0.15) is 13.8 Å². The summed E-state index contributed by atoms with van der Waals surface area (Å²) < 4.78 is 13.6. The summed E-state index contributed by atoms with van der Waals surface area (Å²) in [6.45, 7) is 5.03. The van der Waals surface area contributed by atoms with Crippen molar-refractivity contribution < 1.29 is 9.18 Å². The summed E-state index contributed by atoms with van der Waals surface area (Å²) in [5.74, 6) is -0.377. The molecule has 0 aliphatic rings. The smallest absolute Gasteiger partial charge is 0.321 e. The minimum atomic E-state index is -0.377. The maximum Gasteiger partial charge on any atom is 0.321 e. The van der Waals surface area contributed by atoms with Crippen LogP contribution in [0.25, 0.3) is 0 Å². The molecule has 2 amide bonds. The lowest BCUT2D eigenvalue weighted by molar-refractivity contribution is 0.217. The van der Waals surface area contributed by atoms with Gasteiger partial charge in [-0.1, -0.05) is 0 Å². The van der Waals surface area contributed by atoms with Gasteiger partial charge in [-0.3, -0.25) is 0 Å². The van der Waals surface area contributed by atoms with Crippen LogP contribution in [0.5, 0.6) is 0 Å². The number of urea groups is 1. The molecule has 0 spiro atoms. The molecule has 1 rings (SSSR count). The van der Waals surface area contributed by atoms with E-state index in [-0.39, 0.29) is 11.8 Å². The summed E-state index contributed by atoms with van der Waals surface area (Å²) in [4.78, 5) is 13.3. The van der Waals surface area contributed by atoms with Crippen LogP contribution in [0.15, 0.2) is 22.7 Å². The molecule has 0 fully saturated rings. The van der Waals surface area contributed by atoms with Crippen LogP contribution < -0.4 is 5.32 Å². The number of hydrogen-bond acceptors (Lipinski definition) is 1. The van der Waals surface area contributed by atoms with Gasteiger partial charge < -0.3 is 10.2 Å². The van der Waals surface area contributed by atoms with E-state index in [1.807, 2.05) is 13.8 Å². The van der Waals surface area contributed by atoms with Gasteiger partial charge >= 0.3 is 6.03 Å². The van der Waals surface area contributed by atoms with Crippen molar-refractivity contribution in [2.75, 3.05) is 18.4 Å². The Morgan fingerprint density at radius 1 is 1.44 bits per heavy atom. The second-order valence-corrected chi connectivity index (χ2v) is 4.08. The zero-order chi connectivity index (χ0) is 12.1. The maximum atomic E-state index is 13.0. The highest BCUT2D eigenvalue weighted by molar-refractivity contribution is 9.10. The number of hydrogen-bond donors (Lipinski definition) is 1. The lowest BCUT2D eigenvalue weighted by Gasteiger charge is -2.19. The molecule has 0 aromatic heterocycles. The monoisotopic (exact) mass is 288 g/mol. The Morgan fingerprint density at radius 2 is 2.06 bits per heavy atom. The standard InChI is InChI=1S/C11H14BrFN2O/c1-3-15(4-2)11(16)14-10-7-8(13)5-6-9(10)12/h5-7H,3-4H2,1-2H3,(H,14,16). The normalized spacial score (nSPS) is 10.0. The molecule has 1 aromatic carbocycles. The Hall–Kier alpha value is -1.10. The minimum absolute atomic E-state index is 0.226. The van der Waals surface area contributed by atoms with E-state index in [9.17, 15) is 9.18 Å². The van der Waals surface area contributed by atoms with Crippen molar-refractivity contribution in [1.82, 2.24) is 4.90 Å². The number of carbonyl (C=O) groups excluding carboxylic acids is 1. The highest BCUT2D eigenvalue weighted by Gasteiger charge is 2.11. The zero-order valence-electron chi connectivity index (χ0n) is 9.26. The van der Waals surface area contributed by atoms with Gasteiger partial charge in [0.2, 0.25) is 0 Å². The average Bonchev–Trinajstić information content (AvgIpc) is 2.25. The molecule has 0 atom stereocenters. The Balaban J connectivity index is 2.80. The van der Waals surface area contributed by atoms with E-state index >= 15 is 0 Å². The van der Waals surface area contributed by atoms with E-state index in [0.29, 0.717) is 23.2 Å². The van der Waals surface area contributed by atoms with Crippen molar-refractivity contribution in [3.05, 3.63) is 28.5 Å². The van der Waals surface area contributed by atoms with Crippen LogP contribution in [-0.4, -0.2) is 24.0 Å². The van der Waals surface area contributed by atoms with Gasteiger partial charge in [0.15, 0.2) is 0 Å². The third-order valence-electron chi connectivity index (χ3n) is 2.22. The number of nitrogens with one attached hydrogen (secondary N) is 1. The molecule has 0 unspecified atom stereocenters. The molecule has 0 aliphatic carbocycles. The van der Waals surface area contributed by atoms with Crippen molar-refractivity contribution in [2.45, 2.75) is 13.8 Å². The van der Waals surface area contributed by atoms with Gasteiger partial charge in [0.1, 0.15) is 5.82 Å². The number of amides is 2. The van der Waals surface area contributed by atoms with E-state index < -0.39 is 0 Å². The molecule has 0 saturated heterocycles. The van der Waals surface area contributed by atoms with Gasteiger partial charge in [0.25, 0.3) is 0 Å². The molecule has 1 aromatic rings. The predicted octanol–water partition coefficient (Wildman–Crippen LogP) is 3.46. The molecule has 0 bridgehead atoms. The number of rotatable bonds is 3. The van der Waals surface area contributed by atoms with Gasteiger partial charge in [0.05, 0.1) is 5.69 Å². The number of halogens is 2. The molecule has 1 N–H and O–H groups in total. The number of nitrogens with zero attached hydrogens (tertiary/aromatic N) is 1. The lowest BCUT2D eigenvalue weighted by Crippen LogP contribution is -2.34. The summed E-state index contributed by atoms with van der Waals surface area (Å²) in [6, 6.07) is 3.95. The summed E-state index contributed by atoms with van der Waals surface area (Å²) in [7, 11) is 0. The van der Waals surface area contributed by atoms with Crippen LogP contribution >= 0.6 is 15.9 Å². The van der Waals surface area contributed by atoms with E-state index in [1.54, 1.807) is 11.0 Å². The first kappa shape index (κ1) is 13.0. The summed E-state index contributed by atoms with van der Waals surface area (Å²) in [6.07, 6.45) is 0. The van der Waals surface area contributed by atoms with Gasteiger partial charge in [-0.15, -0.1) is 0 Å². The SMILES string of the molecule is CCN(CC)C(=O)Nc1cc(F)ccc1Br. The molecule has 16 heavy (non-hydrogen) atoms. The molecule has 3 nitrogen and oxygen atoms in total. The largest absolute Gasteiger partial charge is 0.325 e. The van der Waals surface area contributed by atoms with Gasteiger partial charge in [0, 0.05) is 17.6 Å². The predicted molar refractivity (Wildman–Crippen MR) is 66.0 cm³/mol. The third-order valence-corrected chi connectivity index (χ3v) is 2.91. The molecule has 88 valence electrons. The quantitative estimate of drug-likeness (QED) is 0.908. The van der Waals surface area contributed by atoms with Gasteiger partial charge in [-0.2, -0.15) is 0 Å². The molecule has 5 heteroatoms. The Bertz CT molecular complexity index is 380. The fourth-order valence-corrected chi connectivity index (χ4v) is 1.64. The second kappa shape index (κ2) is 5.84. The first-order valence-electron chi connectivity index (χ1n) is 5.09. The number of carbonyl (C=O) groups is 1. The van der Waals surface area contributed by atoms with E-state index in [0.717, 1.165) is 0 Å². The third kappa shape index (κ3) is 3.20. The zero-order valence-corrected chi connectivity index (χ0v) is 10.8. The summed E-state index contributed by atoms with van der Waals surface area (Å²) in [5.41, 5.74) is 0.442. The van der Waals surface area contributed by atoms with E-state index in [1.165, 1.54) is 12.1 Å². The summed E-state index contributed by atoms with van der Waals surface area (Å²) >= 11 is 3.25. The van der Waals surface area contributed by atoms with Crippen molar-refractivity contribution in [3.63, 3.8) is 0 Å². The maximum absolute atomic E-state index is 13.0. The Kier molecular flexibility index (Phi) is 4.73. The van der Waals surface area contributed by atoms with E-state index in [4.69, 9.17) is 0 Å². The van der Waals surface area contributed by atoms with Crippen molar-refractivity contribution >= 4 is 27.6 Å². The fraction of sp³-hybridized carbons (Fsp3) is 0.364. The minimum Gasteiger partial charge on any atom is -0.325 e. The van der Waals surface area contributed by atoms with E-state index in [2.05, 4.69) is 21.2 Å². The molecule has 0 heterocycles. The molecular formula is C11H14BrFN2O. The van der Waals surface area contributed by atoms with Crippen molar-refractivity contribution in [1.29, 1.82) is 0 Å². The number of anilines is 1. The molecule has 0 aliphatic heterocycles. The molecule has 0 radical (unpaired) electrons. The first-order chi connectivity index (χ1) is 7.58. The summed E-state index contributed by atoms with van der Waals surface area (Å²) in [5, 5.41) is 2.65. The van der Waals surface area contributed by atoms with Crippen LogP contribution in [0, 0.1) is 5.82 Å². The highest BCUT2D eigenvalue weighted by Crippen LogP contribution is 2.23. The van der Waals surface area contributed by atoms with Crippen LogP contribution in [0.2, 0.25) is 0 Å². The number of benzene rings is 1. The van der Waals surface area contributed by atoms with Crippen LogP contribution in [0.4, 0.5) is 14.9 Å². The van der Waals surface area contributed by atoms with Gasteiger partial charge in [-0.05, 0) is 48.0 Å². The first-order valence-corrected chi connectivity index (χ1v) is 5.88. The van der Waals surface area contributed by atoms with Crippen LogP contribution in [-0.2, 0) is 0 Å². The fourth-order valence-electron chi connectivity index (χ4n) is 1.30. The van der Waals surface area contributed by atoms with Crippen molar-refractivity contribution in [2.24, 2.45) is 0 Å². The molecular weight excluding hydrogens is 275 g/mol. The Labute approximate surface area is 103 Å². The van der Waals surface area contributed by atoms with Gasteiger partial charge in [-0.25, -0.2) is 9.18 Å². The highest BCUT2D eigenvalue weighted by atomic mass is 79.9. The molecule has 0 saturated carbocycles. The average molecular weight is 289 g/mol. The lowest BCUT2D eigenvalue weighted by atomic mass is 10.3. The van der Waals surface area contributed by atoms with Crippen molar-refractivity contribution in [3.8, 4) is 0 Å². The topological polar surface area (TPSA) is 32.3 Å². The Morgan fingerprint density at radius 3 is 2.62 bits per heavy atom. The second-order valence-electron chi connectivity index (χ2n) is 3.23.